The fraction of sp³-hybridized carbons (Fsp3) is 0.243. The zero-order chi connectivity index (χ0) is 38.2. The van der Waals surface area contributed by atoms with Crippen molar-refractivity contribution in [2.45, 2.75) is 38.3 Å². The Balaban J connectivity index is 1.53. The molecule has 2 aromatic carbocycles. The number of aromatic amines is 1. The highest BCUT2D eigenvalue weighted by Gasteiger charge is 2.26. The Kier molecular flexibility index (Phi) is 10.1. The van der Waals surface area contributed by atoms with Crippen molar-refractivity contribution < 1.29 is 31.8 Å². The predicted molar refractivity (Wildman–Crippen MR) is 198 cm³/mol. The highest BCUT2D eigenvalue weighted by Crippen LogP contribution is 2.40. The van der Waals surface area contributed by atoms with Gasteiger partial charge < -0.3 is 20.1 Å². The molecule has 4 heterocycles. The van der Waals surface area contributed by atoms with E-state index in [-0.39, 0.29) is 40.6 Å². The van der Waals surface area contributed by atoms with Crippen LogP contribution in [0.25, 0.3) is 33.1 Å². The number of nitrogens with one attached hydrogen (secondary N) is 3. The number of aromatic nitrogens is 5. The highest BCUT2D eigenvalue weighted by molar-refractivity contribution is 7.92. The molecule has 0 unspecified atom stereocenters. The Hall–Kier alpha value is -5.56. The first-order valence-corrected chi connectivity index (χ1v) is 18.4. The van der Waals surface area contributed by atoms with Gasteiger partial charge in [0, 0.05) is 42.1 Å². The third-order valence-corrected chi connectivity index (χ3v) is 8.97. The summed E-state index contributed by atoms with van der Waals surface area (Å²) in [6.45, 7) is 3.03. The Bertz CT molecular complexity index is 2550. The first kappa shape index (κ1) is 37.2. The van der Waals surface area contributed by atoms with Gasteiger partial charge in [0.1, 0.15) is 22.9 Å². The number of aliphatic hydroxyl groups is 1. The highest BCUT2D eigenvalue weighted by atomic mass is 35.5. The van der Waals surface area contributed by atoms with E-state index in [1.165, 1.54) is 37.8 Å². The minimum absolute atomic E-state index is 0.00285. The number of sulfonamides is 1. The van der Waals surface area contributed by atoms with E-state index < -0.39 is 39.2 Å². The number of ether oxygens (including phenoxy) is 1. The molecular formula is C37H34ClF2N7O5S. The number of amides is 1. The molecule has 6 rings (SSSR count). The van der Waals surface area contributed by atoms with Crippen molar-refractivity contribution >= 4 is 55.3 Å². The molecule has 4 N–H and O–H groups in total. The van der Waals surface area contributed by atoms with Gasteiger partial charge in [-0.15, -0.1) is 0 Å². The van der Waals surface area contributed by atoms with Crippen LogP contribution >= 0.6 is 11.6 Å². The maximum atomic E-state index is 14.5. The van der Waals surface area contributed by atoms with Gasteiger partial charge in [-0.2, -0.15) is 5.10 Å². The fourth-order valence-electron chi connectivity index (χ4n) is 5.98. The number of hydrogen-bond donors (Lipinski definition) is 4. The molecule has 0 saturated carbocycles. The number of H-pyrrole nitrogens is 1. The second kappa shape index (κ2) is 14.5. The van der Waals surface area contributed by atoms with E-state index in [1.54, 1.807) is 49.6 Å². The summed E-state index contributed by atoms with van der Waals surface area (Å²) in [5.41, 5.74) is 2.55. The Morgan fingerprint density at radius 2 is 1.81 bits per heavy atom. The first-order valence-electron chi connectivity index (χ1n) is 16.1. The van der Waals surface area contributed by atoms with Crippen LogP contribution in [0, 0.1) is 23.5 Å². The van der Waals surface area contributed by atoms with Gasteiger partial charge in [0.05, 0.1) is 58.5 Å². The van der Waals surface area contributed by atoms with Crippen molar-refractivity contribution in [3.05, 3.63) is 100.0 Å². The van der Waals surface area contributed by atoms with E-state index in [2.05, 4.69) is 36.9 Å². The number of benzene rings is 2. The van der Waals surface area contributed by atoms with Gasteiger partial charge in [-0.3, -0.25) is 14.2 Å². The lowest BCUT2D eigenvalue weighted by Crippen LogP contribution is -2.32. The van der Waals surface area contributed by atoms with Crippen LogP contribution in [0.15, 0.2) is 60.8 Å². The van der Waals surface area contributed by atoms with Crippen LogP contribution in [-0.2, 0) is 34.7 Å². The second-order valence-electron chi connectivity index (χ2n) is 12.9. The van der Waals surface area contributed by atoms with E-state index in [4.69, 9.17) is 21.3 Å². The molecule has 1 amide bonds. The summed E-state index contributed by atoms with van der Waals surface area (Å²) >= 11 is 6.62. The van der Waals surface area contributed by atoms with Crippen LogP contribution < -0.4 is 14.8 Å². The van der Waals surface area contributed by atoms with Gasteiger partial charge >= 0.3 is 0 Å². The summed E-state index contributed by atoms with van der Waals surface area (Å²) in [6, 6.07) is 12.1. The molecule has 0 saturated heterocycles. The Labute approximate surface area is 308 Å². The van der Waals surface area contributed by atoms with E-state index >= 15 is 0 Å². The molecule has 274 valence electrons. The molecule has 0 fully saturated rings. The van der Waals surface area contributed by atoms with Crippen molar-refractivity contribution in [1.29, 1.82) is 0 Å². The number of carbonyl (C=O) groups excluding carboxylic acids is 1. The number of fused-ring (bicyclic) bond motifs is 2. The summed E-state index contributed by atoms with van der Waals surface area (Å²) in [5, 5.41) is 18.3. The van der Waals surface area contributed by atoms with Gasteiger partial charge in [-0.05, 0) is 68.2 Å². The summed E-state index contributed by atoms with van der Waals surface area (Å²) in [5.74, 6) is 3.90. The molecule has 0 aliphatic rings. The number of aryl methyl sites for hydroxylation is 1. The summed E-state index contributed by atoms with van der Waals surface area (Å²) in [6.07, 6.45) is 2.42. The molecular weight excluding hydrogens is 728 g/mol. The minimum Gasteiger partial charge on any atom is -0.481 e. The smallest absolute Gasteiger partial charge is 0.231 e. The summed E-state index contributed by atoms with van der Waals surface area (Å²) in [7, 11) is -0.642. The topological polar surface area (TPSA) is 164 Å². The maximum Gasteiger partial charge on any atom is 0.231 e. The quantitative estimate of drug-likeness (QED) is 0.131. The van der Waals surface area contributed by atoms with Crippen LogP contribution in [-0.4, -0.2) is 63.1 Å². The SMILES string of the molecule is COc1ccc2[nH]cc(CC(=O)N[C@@H](Cc3cc(F)cc(F)c3)c3nc(C#CC(C)(C)O)ccc3-c3ccc(Cl)c4c(NS(C)(=O)=O)nn(C)c34)c2n1. The monoisotopic (exact) mass is 761 g/mol. The number of halogens is 3. The normalized spacial score (nSPS) is 12.4. The van der Waals surface area contributed by atoms with E-state index in [1.807, 2.05) is 0 Å². The van der Waals surface area contributed by atoms with Gasteiger partial charge in [-0.25, -0.2) is 27.2 Å². The zero-order valence-electron chi connectivity index (χ0n) is 29.2. The molecule has 6 aromatic rings. The van der Waals surface area contributed by atoms with Crippen LogP contribution in [0.3, 0.4) is 0 Å². The minimum atomic E-state index is -3.74. The van der Waals surface area contributed by atoms with Crippen molar-refractivity contribution in [2.24, 2.45) is 7.05 Å². The van der Waals surface area contributed by atoms with Gasteiger partial charge in [0.25, 0.3) is 0 Å². The molecule has 4 aromatic heterocycles. The molecule has 53 heavy (non-hydrogen) atoms. The van der Waals surface area contributed by atoms with Crippen molar-refractivity contribution in [3.8, 4) is 28.8 Å². The van der Waals surface area contributed by atoms with Crippen LogP contribution in [0.5, 0.6) is 5.88 Å². The predicted octanol–water partition coefficient (Wildman–Crippen LogP) is 5.59. The number of pyridine rings is 2. The van der Waals surface area contributed by atoms with Crippen LogP contribution in [0.1, 0.15) is 42.4 Å². The van der Waals surface area contributed by atoms with E-state index in [0.717, 1.165) is 12.3 Å². The van der Waals surface area contributed by atoms with E-state index in [9.17, 15) is 27.1 Å². The van der Waals surface area contributed by atoms with Gasteiger partial charge in [-0.1, -0.05) is 23.6 Å². The first-order chi connectivity index (χ1) is 25.0. The average molecular weight is 762 g/mol. The summed E-state index contributed by atoms with van der Waals surface area (Å²) in [4.78, 5) is 26.4. The third-order valence-electron chi connectivity index (χ3n) is 8.09. The van der Waals surface area contributed by atoms with Gasteiger partial charge in [0.15, 0.2) is 5.82 Å². The number of anilines is 1. The average Bonchev–Trinajstić information content (AvgIpc) is 3.61. The van der Waals surface area contributed by atoms with Crippen molar-refractivity contribution in [2.75, 3.05) is 18.1 Å². The lowest BCUT2D eigenvalue weighted by atomic mass is 9.93. The van der Waals surface area contributed by atoms with Crippen molar-refractivity contribution in [3.63, 3.8) is 0 Å². The molecule has 0 radical (unpaired) electrons. The number of hydrogen-bond acceptors (Lipinski definition) is 8. The van der Waals surface area contributed by atoms with E-state index in [0.29, 0.717) is 44.5 Å². The standard InChI is InChI=1S/C37H34ClF2N7O5S/c1-37(2,49)13-12-24-6-7-25(26-8-9-27(38)32-35(26)47(3)45-36(32)46-53(5,50)51)34(42-24)29(16-20-14-22(39)18-23(40)15-20)43-30(48)17-21-19-41-28-10-11-31(52-4)44-33(21)28/h6-11,14-15,18-19,29,41,49H,16-17H2,1-5H3,(H,43,48)(H,45,46)/t29-/m0/s1. The number of rotatable bonds is 10. The van der Waals surface area contributed by atoms with Crippen LogP contribution in [0.2, 0.25) is 5.02 Å². The second-order valence-corrected chi connectivity index (χ2v) is 15.1. The molecule has 12 nitrogen and oxygen atoms in total. The molecule has 0 bridgehead atoms. The summed E-state index contributed by atoms with van der Waals surface area (Å²) < 4.78 is 62.6. The largest absolute Gasteiger partial charge is 0.481 e. The maximum absolute atomic E-state index is 14.5. The van der Waals surface area contributed by atoms with Gasteiger partial charge in [0.2, 0.25) is 21.8 Å². The number of methoxy groups -OCH3 is 1. The van der Waals surface area contributed by atoms with Crippen molar-refractivity contribution in [1.82, 2.24) is 30.0 Å². The molecule has 16 heteroatoms. The number of nitrogens with zero attached hydrogens (tertiary/aromatic N) is 4. The molecule has 0 aliphatic carbocycles. The molecule has 0 spiro atoms. The number of carbonyl (C=O) groups is 1. The zero-order valence-corrected chi connectivity index (χ0v) is 30.7. The lowest BCUT2D eigenvalue weighted by molar-refractivity contribution is -0.121. The Morgan fingerprint density at radius 3 is 2.49 bits per heavy atom. The van der Waals surface area contributed by atoms with Crippen LogP contribution in [0.4, 0.5) is 14.6 Å². The fourth-order valence-corrected chi connectivity index (χ4v) is 6.72. The Morgan fingerprint density at radius 1 is 1.09 bits per heavy atom. The molecule has 1 atom stereocenters. The molecule has 0 aliphatic heterocycles. The third kappa shape index (κ3) is 8.57. The lowest BCUT2D eigenvalue weighted by Gasteiger charge is -2.22.